The summed E-state index contributed by atoms with van der Waals surface area (Å²) in [4.78, 5) is 123. The quantitative estimate of drug-likeness (QED) is 0.0521. The van der Waals surface area contributed by atoms with Crippen molar-refractivity contribution >= 4 is 64.6 Å². The number of hydrogen-bond donors (Lipinski definition) is 3. The highest BCUT2D eigenvalue weighted by Gasteiger charge is 2.47. The smallest absolute Gasteiger partial charge is 0.410 e. The second-order valence-corrected chi connectivity index (χ2v) is 28.7. The summed E-state index contributed by atoms with van der Waals surface area (Å²) in [6.07, 6.45) is 0.313. The van der Waals surface area contributed by atoms with Gasteiger partial charge in [0.15, 0.2) is 5.78 Å². The third-order valence-corrected chi connectivity index (χ3v) is 19.0. The molecule has 0 bridgehead atoms. The minimum Gasteiger partial charge on any atom is -0.444 e. The van der Waals surface area contributed by atoms with Crippen LogP contribution >= 0.6 is 0 Å². The molecule has 7 atom stereocenters. The van der Waals surface area contributed by atoms with Crippen LogP contribution < -0.4 is 20.9 Å². The Morgan fingerprint density at radius 1 is 0.771 bits per heavy atom. The average molecular weight is 1330 g/mol. The Morgan fingerprint density at radius 3 is 2.14 bits per heavy atom. The molecule has 3 fully saturated rings. The molecule has 4 aromatic carbocycles. The van der Waals surface area contributed by atoms with Gasteiger partial charge in [-0.25, -0.2) is 22.8 Å². The van der Waals surface area contributed by atoms with Crippen molar-refractivity contribution in [2.45, 2.75) is 168 Å². The molecule has 4 aromatic rings. The second kappa shape index (κ2) is 30.6. The van der Waals surface area contributed by atoms with Crippen molar-refractivity contribution in [2.24, 2.45) is 11.8 Å². The molecule has 0 radical (unpaired) electrons. The van der Waals surface area contributed by atoms with Crippen molar-refractivity contribution in [3.63, 3.8) is 0 Å². The van der Waals surface area contributed by atoms with Gasteiger partial charge >= 0.3 is 12.2 Å². The van der Waals surface area contributed by atoms with Crippen LogP contribution in [0, 0.1) is 29.3 Å². The lowest BCUT2D eigenvalue weighted by Crippen LogP contribution is -2.64. The van der Waals surface area contributed by atoms with E-state index in [2.05, 4.69) is 39.6 Å². The molecular weight excluding hydrogens is 1240 g/mol. The lowest BCUT2D eigenvalue weighted by atomic mass is 9.80. The molecule has 520 valence electrons. The summed E-state index contributed by atoms with van der Waals surface area (Å²) < 4.78 is 67.1. The third-order valence-electron chi connectivity index (χ3n) is 19.0. The zero-order valence-electron chi connectivity index (χ0n) is 57.2. The van der Waals surface area contributed by atoms with Crippen molar-refractivity contribution in [1.29, 1.82) is 0 Å². The lowest BCUT2D eigenvalue weighted by Gasteiger charge is -2.47. The van der Waals surface area contributed by atoms with Crippen molar-refractivity contribution in [3.8, 4) is 0 Å². The molecule has 0 saturated carbocycles. The number of nitrogens with zero attached hydrogens (tertiary/aromatic N) is 6. The first-order valence-electron chi connectivity index (χ1n) is 33.4. The van der Waals surface area contributed by atoms with E-state index in [0.717, 1.165) is 40.6 Å². The average Bonchev–Trinajstić information content (AvgIpc) is 1.60. The Bertz CT molecular complexity index is 3500. The van der Waals surface area contributed by atoms with Gasteiger partial charge in [0.25, 0.3) is 5.91 Å². The van der Waals surface area contributed by atoms with Gasteiger partial charge in [-0.15, -0.1) is 0 Å². The Hall–Kier alpha value is -7.93. The molecule has 96 heavy (non-hydrogen) atoms. The van der Waals surface area contributed by atoms with E-state index in [1.54, 1.807) is 56.9 Å². The minimum absolute atomic E-state index is 0.0844. The number of ether oxygens (including phenoxy) is 4. The fourth-order valence-electron chi connectivity index (χ4n) is 13.6. The predicted molar refractivity (Wildman–Crippen MR) is 355 cm³/mol. The van der Waals surface area contributed by atoms with Crippen LogP contribution in [0.4, 0.5) is 39.8 Å². The summed E-state index contributed by atoms with van der Waals surface area (Å²) in [6, 6.07) is 17.3. The molecule has 5 aliphatic rings. The first kappa shape index (κ1) is 72.3. The van der Waals surface area contributed by atoms with Gasteiger partial charge in [-0.3, -0.25) is 38.6 Å². The number of likely N-dealkylation sites (N-methyl/N-ethyl adjacent to an activating group) is 1. The van der Waals surface area contributed by atoms with Crippen LogP contribution in [0.15, 0.2) is 78.9 Å². The molecule has 24 heteroatoms. The first-order valence-corrected chi connectivity index (χ1v) is 33.4. The first-order chi connectivity index (χ1) is 45.3. The lowest BCUT2D eigenvalue weighted by molar-refractivity contribution is -0.147. The zero-order chi connectivity index (χ0) is 69.6. The topological polar surface area (TPSA) is 229 Å². The maximum Gasteiger partial charge on any atom is 0.410 e. The SMILES string of the molecule is C[C@@H]1COCCN1C[C@H]1CN(C(=O)OC(C)(C)C)[C@H](C)CN1CC(=O)N1CC(C)(CCCNC(=O)CC(=O)Nc2ccc3c(c2)[C@@H](C(=O)Nc2c(F)cccc2F)N(C(=O)[C@@H](CC(=O)[C@H](C)N(C)C(=O)OC(C)(C)C)C2CCOCC2)C3)c2ccc(Cc3ccc(F)cc3)cc21. The minimum atomic E-state index is -1.51. The van der Waals surface area contributed by atoms with Crippen molar-refractivity contribution in [1.82, 2.24) is 29.8 Å². The van der Waals surface area contributed by atoms with Gasteiger partial charge in [0.1, 0.15) is 46.8 Å². The number of morpholine rings is 1. The molecule has 3 N–H and O–H groups in total. The van der Waals surface area contributed by atoms with Gasteiger partial charge in [-0.05, 0) is 171 Å². The summed E-state index contributed by atoms with van der Waals surface area (Å²) in [5.41, 5.74) is 1.59. The molecule has 0 aromatic heterocycles. The van der Waals surface area contributed by atoms with E-state index in [-0.39, 0.29) is 73.1 Å². The molecular formula is C72H94F3N9O12. The monoisotopic (exact) mass is 1330 g/mol. The van der Waals surface area contributed by atoms with E-state index < -0.39 is 100.0 Å². The van der Waals surface area contributed by atoms with E-state index in [1.165, 1.54) is 35.0 Å². The molecule has 5 heterocycles. The fourth-order valence-corrected chi connectivity index (χ4v) is 13.6. The standard InChI is InChI=1S/C72H94F3N9O12/c1-44-37-81(53(39-80-28-31-94-42-45(80)2)40-82(44)69(92)96-71(7,8)9)41-63(88)84-43-72(10,56-23-18-48(33-59(56)84)32-47-16-20-51(73)21-17-47)26-13-27-76-61(86)36-62(87)77-52-22-19-50-38-83(65(54(50)34-52)66(89)78-64-57(74)14-12-15-58(64)75)67(90)55(49-24-29-93-30-25-49)35-60(85)46(3)79(11)68(91)95-70(4,5)6/h12,14-23,33-34,44-46,49,53,55,65H,13,24-32,35-43H2,1-11H3,(H,76,86)(H,77,87)(H,78,89)/t44-,45-,46+,53+,55+,65+,72?/m1/s1. The highest BCUT2D eigenvalue weighted by atomic mass is 19.1. The highest BCUT2D eigenvalue weighted by molar-refractivity contribution is 6.04. The number of fused-ring (bicyclic) bond motifs is 2. The van der Waals surface area contributed by atoms with Crippen molar-refractivity contribution < 1.29 is 70.5 Å². The number of rotatable bonds is 21. The van der Waals surface area contributed by atoms with E-state index in [0.29, 0.717) is 96.8 Å². The van der Waals surface area contributed by atoms with Crippen molar-refractivity contribution in [3.05, 3.63) is 124 Å². The van der Waals surface area contributed by atoms with Gasteiger partial charge in [0, 0.05) is 113 Å². The van der Waals surface area contributed by atoms with Crippen LogP contribution in [-0.2, 0) is 66.1 Å². The summed E-state index contributed by atoms with van der Waals surface area (Å²) in [5.74, 6) is -7.19. The number of hydrogen-bond acceptors (Lipinski definition) is 14. The largest absolute Gasteiger partial charge is 0.444 e. The Morgan fingerprint density at radius 2 is 1.46 bits per heavy atom. The molecule has 1 unspecified atom stereocenters. The van der Waals surface area contributed by atoms with Crippen LogP contribution in [0.25, 0.3) is 0 Å². The molecule has 7 amide bonds. The number of amides is 7. The Balaban J connectivity index is 0.874. The molecule has 0 spiro atoms. The number of piperazine rings is 1. The highest BCUT2D eigenvalue weighted by Crippen LogP contribution is 2.45. The number of ketones is 1. The van der Waals surface area contributed by atoms with Crippen LogP contribution in [-0.4, -0.2) is 187 Å². The summed E-state index contributed by atoms with van der Waals surface area (Å²) >= 11 is 0. The predicted octanol–water partition coefficient (Wildman–Crippen LogP) is 9.53. The second-order valence-electron chi connectivity index (χ2n) is 28.7. The number of benzene rings is 4. The van der Waals surface area contributed by atoms with E-state index in [1.807, 2.05) is 50.8 Å². The van der Waals surface area contributed by atoms with Crippen LogP contribution in [0.5, 0.6) is 0 Å². The van der Waals surface area contributed by atoms with Crippen LogP contribution in [0.1, 0.15) is 142 Å². The summed E-state index contributed by atoms with van der Waals surface area (Å²) in [6.45, 7) is 22.7. The third kappa shape index (κ3) is 18.0. The number of carbonyl (C=O) groups excluding carboxylic acids is 8. The van der Waals surface area contributed by atoms with E-state index in [9.17, 15) is 33.2 Å². The molecule has 0 aliphatic carbocycles. The number of para-hydroxylation sites is 1. The molecule has 21 nitrogen and oxygen atoms in total. The molecule has 5 aliphatic heterocycles. The van der Waals surface area contributed by atoms with Gasteiger partial charge in [-0.2, -0.15) is 0 Å². The number of carbonyl (C=O) groups is 8. The molecule has 3 saturated heterocycles. The Kier molecular flexibility index (Phi) is 23.1. The van der Waals surface area contributed by atoms with Crippen LogP contribution in [0.2, 0.25) is 0 Å². The maximum absolute atomic E-state index is 15.2. The summed E-state index contributed by atoms with van der Waals surface area (Å²) in [7, 11) is 1.43. The van der Waals surface area contributed by atoms with Gasteiger partial charge in [-0.1, -0.05) is 43.3 Å². The van der Waals surface area contributed by atoms with Gasteiger partial charge in [0.2, 0.25) is 23.6 Å². The number of halogens is 3. The van der Waals surface area contributed by atoms with Crippen molar-refractivity contribution in [2.75, 3.05) is 94.8 Å². The Labute approximate surface area is 561 Å². The number of nitrogens with one attached hydrogen (secondary N) is 3. The maximum atomic E-state index is 15.2. The van der Waals surface area contributed by atoms with E-state index >= 15 is 18.4 Å². The molecule has 9 rings (SSSR count). The van der Waals surface area contributed by atoms with Gasteiger partial charge < -0.3 is 54.5 Å². The normalized spacial score (nSPS) is 21.5. The summed E-state index contributed by atoms with van der Waals surface area (Å²) in [5, 5.41) is 7.96. The van der Waals surface area contributed by atoms with E-state index in [4.69, 9.17) is 18.9 Å². The number of anilines is 3. The van der Waals surface area contributed by atoms with Crippen LogP contribution in [0.3, 0.4) is 0 Å². The fraction of sp³-hybridized carbons (Fsp3) is 0.556. The number of Topliss-reactive ketones (excluding diaryl/α,β-unsaturated/α-hetero) is 1. The zero-order valence-corrected chi connectivity index (χ0v) is 57.2. The van der Waals surface area contributed by atoms with Gasteiger partial charge in [0.05, 0.1) is 25.8 Å².